The zero-order chi connectivity index (χ0) is 12.7. The smallest absolute Gasteiger partial charge is 0.156 e. The molecule has 0 bridgehead atoms. The van der Waals surface area contributed by atoms with Crippen LogP contribution in [0.4, 0.5) is 0 Å². The van der Waals surface area contributed by atoms with Gasteiger partial charge in [0.2, 0.25) is 0 Å². The molecular formula is C12H24N2OS2. The highest BCUT2D eigenvalue weighted by Crippen LogP contribution is 2.34. The average molecular weight is 276 g/mol. The van der Waals surface area contributed by atoms with Gasteiger partial charge in [-0.3, -0.25) is 9.20 Å². The molecule has 0 fully saturated rings. The van der Waals surface area contributed by atoms with E-state index in [1.54, 1.807) is 0 Å². The predicted octanol–water partition coefficient (Wildman–Crippen LogP) is 2.25. The van der Waals surface area contributed by atoms with Gasteiger partial charge in [-0.05, 0) is 18.3 Å². The second-order valence-corrected chi connectivity index (χ2v) is 7.31. The van der Waals surface area contributed by atoms with Gasteiger partial charge in [-0.1, -0.05) is 32.5 Å². The molecule has 17 heavy (non-hydrogen) atoms. The van der Waals surface area contributed by atoms with Gasteiger partial charge in [0.25, 0.3) is 0 Å². The fraction of sp³-hybridized carbons (Fsp3) is 0.917. The quantitative estimate of drug-likeness (QED) is 0.809. The molecule has 1 rings (SSSR count). The lowest BCUT2D eigenvalue weighted by Crippen LogP contribution is -2.35. The summed E-state index contributed by atoms with van der Waals surface area (Å²) in [6.45, 7) is 8.17. The largest absolute Gasteiger partial charge is 0.364 e. The maximum absolute atomic E-state index is 11.3. The molecule has 1 atom stereocenters. The normalized spacial score (nSPS) is 20.8. The molecule has 1 N–H and O–H groups in total. The molecule has 0 saturated heterocycles. The zero-order valence-electron chi connectivity index (χ0n) is 11.1. The lowest BCUT2D eigenvalue weighted by atomic mass is 9.84. The first-order valence-electron chi connectivity index (χ1n) is 6.42. The van der Waals surface area contributed by atoms with Crippen LogP contribution < -0.4 is 5.32 Å². The van der Waals surface area contributed by atoms with E-state index in [4.69, 9.17) is 0 Å². The minimum atomic E-state index is -0.677. The highest BCUT2D eigenvalue weighted by atomic mass is 32.2. The van der Waals surface area contributed by atoms with Gasteiger partial charge < -0.3 is 5.32 Å². The fourth-order valence-corrected chi connectivity index (χ4v) is 3.67. The zero-order valence-corrected chi connectivity index (χ0v) is 12.8. The van der Waals surface area contributed by atoms with Crippen LogP contribution in [0.5, 0.6) is 0 Å². The molecule has 0 aliphatic carbocycles. The summed E-state index contributed by atoms with van der Waals surface area (Å²) in [6, 6.07) is 0. The topological polar surface area (TPSA) is 41.5 Å². The molecule has 1 heterocycles. The molecule has 3 nitrogen and oxygen atoms in total. The molecule has 0 aromatic carbocycles. The molecule has 0 radical (unpaired) electrons. The molecule has 1 aliphatic heterocycles. The van der Waals surface area contributed by atoms with E-state index in [1.807, 2.05) is 18.7 Å². The predicted molar refractivity (Wildman–Crippen MR) is 79.3 cm³/mol. The number of aliphatic imine (C=N–C) groups is 1. The van der Waals surface area contributed by atoms with Crippen LogP contribution in [0.1, 0.15) is 33.6 Å². The van der Waals surface area contributed by atoms with E-state index in [1.165, 1.54) is 12.8 Å². The summed E-state index contributed by atoms with van der Waals surface area (Å²) in [7, 11) is -0.677. The summed E-state index contributed by atoms with van der Waals surface area (Å²) in [5.41, 5.74) is 0.405. The standard InChI is InChI=1S/C12H24N2OS2/c1-4-12(5-2)9-14-11(16-10-12)13-7-8-17(15)6-3/h4-10H2,1-3H3,(H,13,14). The number of amidine groups is 1. The summed E-state index contributed by atoms with van der Waals surface area (Å²) < 4.78 is 11.3. The Morgan fingerprint density at radius 1 is 1.41 bits per heavy atom. The number of nitrogens with one attached hydrogen (secondary N) is 1. The van der Waals surface area contributed by atoms with Gasteiger partial charge in [0, 0.05) is 41.1 Å². The Morgan fingerprint density at radius 3 is 2.59 bits per heavy atom. The second-order valence-electron chi connectivity index (χ2n) is 4.48. The van der Waals surface area contributed by atoms with Crippen molar-refractivity contribution in [3.63, 3.8) is 0 Å². The third-order valence-electron chi connectivity index (χ3n) is 3.50. The van der Waals surface area contributed by atoms with Crippen molar-refractivity contribution in [3.05, 3.63) is 0 Å². The van der Waals surface area contributed by atoms with Crippen molar-refractivity contribution >= 4 is 27.7 Å². The average Bonchev–Trinajstić information content (AvgIpc) is 2.39. The monoisotopic (exact) mass is 276 g/mol. The summed E-state index contributed by atoms with van der Waals surface area (Å²) in [5.74, 6) is 2.63. The van der Waals surface area contributed by atoms with Crippen molar-refractivity contribution in [2.24, 2.45) is 10.4 Å². The molecule has 0 amide bonds. The molecule has 5 heteroatoms. The van der Waals surface area contributed by atoms with Crippen LogP contribution in [0.3, 0.4) is 0 Å². The van der Waals surface area contributed by atoms with Crippen LogP contribution in [-0.4, -0.2) is 39.7 Å². The summed E-state index contributed by atoms with van der Waals surface area (Å²) in [5, 5.41) is 4.33. The molecule has 0 aromatic heterocycles. The van der Waals surface area contributed by atoms with Crippen molar-refractivity contribution in [1.82, 2.24) is 5.32 Å². The first-order valence-corrected chi connectivity index (χ1v) is 8.89. The van der Waals surface area contributed by atoms with Crippen LogP contribution in [0.15, 0.2) is 4.99 Å². The minimum Gasteiger partial charge on any atom is -0.364 e. The van der Waals surface area contributed by atoms with Gasteiger partial charge in [-0.15, -0.1) is 0 Å². The molecule has 1 aliphatic rings. The highest BCUT2D eigenvalue weighted by molar-refractivity contribution is 8.13. The third-order valence-corrected chi connectivity index (χ3v) is 6.11. The van der Waals surface area contributed by atoms with E-state index in [-0.39, 0.29) is 0 Å². The first-order chi connectivity index (χ1) is 8.15. The number of nitrogens with zero attached hydrogens (tertiary/aromatic N) is 1. The van der Waals surface area contributed by atoms with Crippen LogP contribution in [0.2, 0.25) is 0 Å². The Kier molecular flexibility index (Phi) is 6.55. The maximum Gasteiger partial charge on any atom is 0.156 e. The van der Waals surface area contributed by atoms with Crippen molar-refractivity contribution < 1.29 is 4.21 Å². The molecule has 100 valence electrons. The maximum atomic E-state index is 11.3. The Morgan fingerprint density at radius 2 is 2.12 bits per heavy atom. The lowest BCUT2D eigenvalue weighted by molar-refractivity contribution is 0.318. The number of hydrogen-bond acceptors (Lipinski definition) is 4. The number of rotatable bonds is 6. The summed E-state index contributed by atoms with van der Waals surface area (Å²) in [6.07, 6.45) is 2.40. The van der Waals surface area contributed by atoms with Crippen molar-refractivity contribution in [2.45, 2.75) is 33.6 Å². The molecule has 0 aromatic rings. The second kappa shape index (κ2) is 7.41. The number of hydrogen-bond donors (Lipinski definition) is 1. The lowest BCUT2D eigenvalue weighted by Gasteiger charge is -2.33. The number of thioether (sulfide) groups is 1. The van der Waals surface area contributed by atoms with Gasteiger partial charge in [-0.25, -0.2) is 0 Å². The van der Waals surface area contributed by atoms with Gasteiger partial charge in [0.05, 0.1) is 0 Å². The Labute approximate surface area is 112 Å². The Hall–Kier alpha value is -0.0300. The summed E-state index contributed by atoms with van der Waals surface area (Å²) >= 11 is 1.82. The van der Waals surface area contributed by atoms with Crippen molar-refractivity contribution in [3.8, 4) is 0 Å². The Bertz CT molecular complexity index is 288. The van der Waals surface area contributed by atoms with E-state index in [0.29, 0.717) is 5.41 Å². The van der Waals surface area contributed by atoms with Crippen LogP contribution >= 0.6 is 11.8 Å². The van der Waals surface area contributed by atoms with Crippen LogP contribution in [-0.2, 0) is 10.8 Å². The third kappa shape index (κ3) is 4.62. The van der Waals surface area contributed by atoms with E-state index >= 15 is 0 Å². The van der Waals surface area contributed by atoms with E-state index < -0.39 is 10.8 Å². The minimum absolute atomic E-state index is 0.405. The van der Waals surface area contributed by atoms with Gasteiger partial charge in [0.15, 0.2) is 5.17 Å². The Balaban J connectivity index is 2.33. The van der Waals surface area contributed by atoms with Crippen molar-refractivity contribution in [2.75, 3.05) is 30.3 Å². The highest BCUT2D eigenvalue weighted by Gasteiger charge is 2.29. The SMILES string of the molecule is CCS(=O)CCNC1=NCC(CC)(CC)CS1. The van der Waals surface area contributed by atoms with Gasteiger partial charge in [-0.2, -0.15) is 0 Å². The molecule has 0 spiro atoms. The van der Waals surface area contributed by atoms with Crippen molar-refractivity contribution in [1.29, 1.82) is 0 Å². The van der Waals surface area contributed by atoms with Gasteiger partial charge in [0.1, 0.15) is 0 Å². The molecular weight excluding hydrogens is 252 g/mol. The van der Waals surface area contributed by atoms with E-state index in [2.05, 4.69) is 24.2 Å². The van der Waals surface area contributed by atoms with Crippen LogP contribution in [0.25, 0.3) is 0 Å². The van der Waals surface area contributed by atoms with E-state index in [0.717, 1.165) is 35.5 Å². The summed E-state index contributed by atoms with van der Waals surface area (Å²) in [4.78, 5) is 4.62. The molecule has 0 saturated carbocycles. The van der Waals surface area contributed by atoms with Crippen LogP contribution in [0, 0.1) is 5.41 Å². The molecule has 1 unspecified atom stereocenters. The fourth-order valence-electron chi connectivity index (χ4n) is 1.75. The van der Waals surface area contributed by atoms with Gasteiger partial charge >= 0.3 is 0 Å². The first kappa shape index (κ1) is 15.0. The van der Waals surface area contributed by atoms with E-state index in [9.17, 15) is 4.21 Å².